The molecule has 0 saturated carbocycles. The molecule has 1 aromatic rings. The Kier molecular flexibility index (Phi) is 10.1. The van der Waals surface area contributed by atoms with E-state index in [1.165, 1.54) is 13.8 Å². The van der Waals surface area contributed by atoms with E-state index in [0.29, 0.717) is 32.4 Å². The number of hydrogen-bond donors (Lipinski definition) is 3. The Hall–Kier alpha value is -3.63. The summed E-state index contributed by atoms with van der Waals surface area (Å²) in [5.74, 6) is -3.19. The molecule has 2 aliphatic heterocycles. The van der Waals surface area contributed by atoms with Gasteiger partial charge in [-0.3, -0.25) is 14.4 Å². The molecule has 0 radical (unpaired) electrons. The van der Waals surface area contributed by atoms with Gasteiger partial charge >= 0.3 is 12.1 Å². The van der Waals surface area contributed by atoms with Crippen molar-refractivity contribution in [1.82, 2.24) is 20.4 Å². The number of carboxylic acid groups (broad SMARTS) is 1. The standard InChI is InChI=1S/C27H38N4O7/c1-19(32)28-27(2,25(35)36)29-24(34)21-11-8-15-30(17-21)23(33)14-13-22-12-6-7-16-31(22)26(37)38-18-20-9-4-3-5-10-20/h3-5,9-10,21-22H,6-8,11-18H2,1-2H3,(H,28,32)(H,29,34)(H,35,36)/t21?,22-,27+/m1/s1. The van der Waals surface area contributed by atoms with Crippen molar-refractivity contribution in [3.63, 3.8) is 0 Å². The summed E-state index contributed by atoms with van der Waals surface area (Å²) < 4.78 is 5.52. The second kappa shape index (κ2) is 13.3. The van der Waals surface area contributed by atoms with Gasteiger partial charge in [-0.05, 0) is 51.0 Å². The number of ether oxygens (including phenoxy) is 1. The average molecular weight is 531 g/mol. The van der Waals surface area contributed by atoms with E-state index < -0.39 is 29.4 Å². The van der Waals surface area contributed by atoms with Crippen molar-refractivity contribution >= 4 is 29.8 Å². The molecule has 0 aromatic heterocycles. The number of benzene rings is 1. The Bertz CT molecular complexity index is 1020. The van der Waals surface area contributed by atoms with Crippen LogP contribution in [0.4, 0.5) is 4.79 Å². The number of rotatable bonds is 9. The molecule has 2 aliphatic rings. The quantitative estimate of drug-likeness (QED) is 0.415. The minimum atomic E-state index is -1.94. The minimum Gasteiger partial charge on any atom is -0.478 e. The number of nitrogens with one attached hydrogen (secondary N) is 2. The van der Waals surface area contributed by atoms with E-state index in [1.54, 1.807) is 9.80 Å². The maximum absolute atomic E-state index is 13.0. The first kappa shape index (κ1) is 28.9. The first-order valence-corrected chi connectivity index (χ1v) is 13.2. The lowest BCUT2D eigenvalue weighted by Crippen LogP contribution is -2.64. The summed E-state index contributed by atoms with van der Waals surface area (Å²) in [5.41, 5.74) is -1.02. The van der Waals surface area contributed by atoms with Gasteiger partial charge in [0.2, 0.25) is 23.4 Å². The van der Waals surface area contributed by atoms with Crippen molar-refractivity contribution in [2.75, 3.05) is 19.6 Å². The van der Waals surface area contributed by atoms with Gasteiger partial charge in [0.15, 0.2) is 0 Å². The molecular weight excluding hydrogens is 492 g/mol. The third-order valence-electron chi connectivity index (χ3n) is 7.13. The van der Waals surface area contributed by atoms with Crippen molar-refractivity contribution in [3.05, 3.63) is 35.9 Å². The molecule has 0 aliphatic carbocycles. The number of aliphatic carboxylic acids is 1. The zero-order chi connectivity index (χ0) is 27.7. The molecule has 1 unspecified atom stereocenters. The van der Waals surface area contributed by atoms with Gasteiger partial charge in [0, 0.05) is 39.0 Å². The lowest BCUT2D eigenvalue weighted by atomic mass is 9.95. The number of carbonyl (C=O) groups is 5. The highest BCUT2D eigenvalue weighted by Gasteiger charge is 2.39. The zero-order valence-corrected chi connectivity index (χ0v) is 22.1. The number of likely N-dealkylation sites (tertiary alicyclic amines) is 2. The highest BCUT2D eigenvalue weighted by atomic mass is 16.6. The molecule has 2 heterocycles. The fraction of sp³-hybridized carbons (Fsp3) is 0.593. The lowest BCUT2D eigenvalue weighted by molar-refractivity contribution is -0.151. The molecule has 3 rings (SSSR count). The fourth-order valence-corrected chi connectivity index (χ4v) is 5.05. The molecule has 4 amide bonds. The van der Waals surface area contributed by atoms with E-state index in [2.05, 4.69) is 10.6 Å². The summed E-state index contributed by atoms with van der Waals surface area (Å²) >= 11 is 0. The van der Waals surface area contributed by atoms with Crippen molar-refractivity contribution in [2.45, 2.75) is 77.1 Å². The summed E-state index contributed by atoms with van der Waals surface area (Å²) in [5, 5.41) is 14.2. The van der Waals surface area contributed by atoms with E-state index in [1.807, 2.05) is 30.3 Å². The molecule has 3 N–H and O–H groups in total. The predicted octanol–water partition coefficient (Wildman–Crippen LogP) is 2.25. The van der Waals surface area contributed by atoms with Crippen LogP contribution in [0.2, 0.25) is 0 Å². The summed E-state index contributed by atoms with van der Waals surface area (Å²) in [6.45, 7) is 3.86. The summed E-state index contributed by atoms with van der Waals surface area (Å²) in [6, 6.07) is 9.39. The third-order valence-corrected chi connectivity index (χ3v) is 7.13. The molecule has 2 fully saturated rings. The van der Waals surface area contributed by atoms with Crippen LogP contribution < -0.4 is 10.6 Å². The maximum Gasteiger partial charge on any atom is 0.410 e. The number of carboxylic acids is 1. The van der Waals surface area contributed by atoms with Crippen LogP contribution in [-0.2, 0) is 30.5 Å². The van der Waals surface area contributed by atoms with E-state index >= 15 is 0 Å². The Morgan fingerprint density at radius 3 is 2.45 bits per heavy atom. The first-order valence-electron chi connectivity index (χ1n) is 13.2. The molecule has 0 bridgehead atoms. The third kappa shape index (κ3) is 7.93. The molecule has 1 aromatic carbocycles. The van der Waals surface area contributed by atoms with Crippen LogP contribution in [0.1, 0.15) is 64.4 Å². The number of hydrogen-bond acceptors (Lipinski definition) is 6. The van der Waals surface area contributed by atoms with Crippen molar-refractivity contribution in [1.29, 1.82) is 0 Å². The van der Waals surface area contributed by atoms with Gasteiger partial charge in [0.05, 0.1) is 5.92 Å². The molecule has 0 spiro atoms. The van der Waals surface area contributed by atoms with Crippen LogP contribution in [0.15, 0.2) is 30.3 Å². The van der Waals surface area contributed by atoms with Gasteiger partial charge in [-0.1, -0.05) is 30.3 Å². The number of amides is 4. The van der Waals surface area contributed by atoms with E-state index in [0.717, 1.165) is 24.8 Å². The van der Waals surface area contributed by atoms with E-state index in [9.17, 15) is 29.1 Å². The van der Waals surface area contributed by atoms with E-state index in [-0.39, 0.29) is 37.6 Å². The fourth-order valence-electron chi connectivity index (χ4n) is 5.05. The largest absolute Gasteiger partial charge is 0.478 e. The second-order valence-electron chi connectivity index (χ2n) is 10.2. The van der Waals surface area contributed by atoms with Crippen LogP contribution in [0, 0.1) is 5.92 Å². The first-order chi connectivity index (χ1) is 18.1. The zero-order valence-electron chi connectivity index (χ0n) is 22.1. The molecule has 3 atom stereocenters. The molecule has 38 heavy (non-hydrogen) atoms. The normalized spacial score (nSPS) is 21.1. The van der Waals surface area contributed by atoms with Crippen LogP contribution >= 0.6 is 0 Å². The Morgan fingerprint density at radius 2 is 1.76 bits per heavy atom. The summed E-state index contributed by atoms with van der Waals surface area (Å²) in [4.78, 5) is 65.1. The van der Waals surface area contributed by atoms with Gasteiger partial charge in [0.1, 0.15) is 6.61 Å². The molecule has 11 nitrogen and oxygen atoms in total. The molecular formula is C27H38N4O7. The highest BCUT2D eigenvalue weighted by molar-refractivity contribution is 5.91. The monoisotopic (exact) mass is 530 g/mol. The smallest absolute Gasteiger partial charge is 0.410 e. The predicted molar refractivity (Wildman–Crippen MR) is 138 cm³/mol. The van der Waals surface area contributed by atoms with E-state index in [4.69, 9.17) is 4.74 Å². The highest BCUT2D eigenvalue weighted by Crippen LogP contribution is 2.24. The van der Waals surface area contributed by atoms with Crippen LogP contribution in [-0.4, -0.2) is 76.0 Å². The van der Waals surface area contributed by atoms with Crippen LogP contribution in [0.5, 0.6) is 0 Å². The van der Waals surface area contributed by atoms with Gasteiger partial charge in [-0.25, -0.2) is 9.59 Å². The van der Waals surface area contributed by atoms with Crippen molar-refractivity contribution < 1.29 is 33.8 Å². The number of piperidine rings is 2. The minimum absolute atomic E-state index is 0.0891. The lowest BCUT2D eigenvalue weighted by Gasteiger charge is -2.36. The van der Waals surface area contributed by atoms with Crippen molar-refractivity contribution in [2.24, 2.45) is 5.92 Å². The van der Waals surface area contributed by atoms with Gasteiger partial charge in [0.25, 0.3) is 0 Å². The Balaban J connectivity index is 1.52. The van der Waals surface area contributed by atoms with Crippen LogP contribution in [0.3, 0.4) is 0 Å². The molecule has 208 valence electrons. The Labute approximate surface area is 222 Å². The van der Waals surface area contributed by atoms with Crippen molar-refractivity contribution in [3.8, 4) is 0 Å². The van der Waals surface area contributed by atoms with Crippen LogP contribution in [0.25, 0.3) is 0 Å². The average Bonchev–Trinajstić information content (AvgIpc) is 2.90. The molecule has 11 heteroatoms. The number of nitrogens with zero attached hydrogens (tertiary/aromatic N) is 2. The van der Waals surface area contributed by atoms with Gasteiger partial charge < -0.3 is 30.3 Å². The topological polar surface area (TPSA) is 145 Å². The second-order valence-corrected chi connectivity index (χ2v) is 10.2. The summed E-state index contributed by atoms with van der Waals surface area (Å²) in [7, 11) is 0. The van der Waals surface area contributed by atoms with Gasteiger partial charge in [-0.2, -0.15) is 0 Å². The summed E-state index contributed by atoms with van der Waals surface area (Å²) in [6.07, 6.45) is 4.15. The maximum atomic E-state index is 13.0. The SMILES string of the molecule is CC(=O)N[C@@](C)(NC(=O)C1CCCN(C(=O)CC[C@H]2CCCCN2C(=O)OCc2ccccc2)C1)C(=O)O. The number of carbonyl (C=O) groups excluding carboxylic acids is 4. The van der Waals surface area contributed by atoms with Gasteiger partial charge in [-0.15, -0.1) is 0 Å². The molecule has 2 saturated heterocycles. The Morgan fingerprint density at radius 1 is 1.03 bits per heavy atom.